The molecule has 17 heavy (non-hydrogen) atoms. The molecule has 1 aliphatic rings. The number of carbonyl (C=O) groups is 2. The van der Waals surface area contributed by atoms with Gasteiger partial charge in [0.1, 0.15) is 0 Å². The quantitative estimate of drug-likeness (QED) is 0.574. The number of likely N-dealkylation sites (tertiary alicyclic amines) is 1. The summed E-state index contributed by atoms with van der Waals surface area (Å²) in [6.07, 6.45) is 3.79. The monoisotopic (exact) mass is 237 g/mol. The van der Waals surface area contributed by atoms with Crippen LogP contribution in [0.5, 0.6) is 0 Å². The summed E-state index contributed by atoms with van der Waals surface area (Å²) >= 11 is 0. The molecule has 1 unspecified atom stereocenters. The second-order valence-corrected chi connectivity index (χ2v) is 4.15. The van der Waals surface area contributed by atoms with Gasteiger partial charge in [-0.05, 0) is 20.1 Å². The fraction of sp³-hybridized carbons (Fsp3) is 0.583. The predicted octanol–water partition coefficient (Wildman–Crippen LogP) is 1.07. The molecule has 0 radical (unpaired) electrons. The first-order chi connectivity index (χ1) is 8.10. The molecule has 94 valence electrons. The zero-order chi connectivity index (χ0) is 12.8. The van der Waals surface area contributed by atoms with Crippen LogP contribution in [0.1, 0.15) is 32.6 Å². The van der Waals surface area contributed by atoms with Crippen LogP contribution in [0.15, 0.2) is 16.9 Å². The standard InChI is InChI=1S/C12H19N3O2/c1-9(7-10(14-3)8-13-2)15-11(16)5-4-6-12(15)17/h8-9,14H,2,4-7H2,1,3H3/b10-8-. The lowest BCUT2D eigenvalue weighted by Crippen LogP contribution is -2.46. The lowest BCUT2D eigenvalue weighted by Gasteiger charge is -2.31. The first-order valence-electron chi connectivity index (χ1n) is 5.77. The Labute approximate surface area is 102 Å². The van der Waals surface area contributed by atoms with E-state index in [4.69, 9.17) is 0 Å². The third-order valence-electron chi connectivity index (χ3n) is 2.84. The Bertz CT molecular complexity index is 334. The highest BCUT2D eigenvalue weighted by Gasteiger charge is 2.30. The predicted molar refractivity (Wildman–Crippen MR) is 66.5 cm³/mol. The zero-order valence-electron chi connectivity index (χ0n) is 10.4. The van der Waals surface area contributed by atoms with Gasteiger partial charge < -0.3 is 5.32 Å². The van der Waals surface area contributed by atoms with E-state index in [1.807, 2.05) is 6.92 Å². The maximum Gasteiger partial charge on any atom is 0.229 e. The average molecular weight is 237 g/mol. The normalized spacial score (nSPS) is 19.2. The van der Waals surface area contributed by atoms with Gasteiger partial charge in [0, 0.05) is 44.2 Å². The summed E-state index contributed by atoms with van der Waals surface area (Å²) < 4.78 is 0. The maximum atomic E-state index is 11.7. The largest absolute Gasteiger partial charge is 0.390 e. The molecule has 1 atom stereocenters. The molecular formula is C12H19N3O2. The number of hydrogen-bond donors (Lipinski definition) is 1. The van der Waals surface area contributed by atoms with Gasteiger partial charge in [0.2, 0.25) is 11.8 Å². The highest BCUT2D eigenvalue weighted by Crippen LogP contribution is 2.18. The van der Waals surface area contributed by atoms with Crippen molar-refractivity contribution in [2.75, 3.05) is 7.05 Å². The summed E-state index contributed by atoms with van der Waals surface area (Å²) in [5.74, 6) is -0.147. The van der Waals surface area contributed by atoms with E-state index in [2.05, 4.69) is 17.0 Å². The molecule has 0 aromatic rings. The van der Waals surface area contributed by atoms with Crippen molar-refractivity contribution in [3.8, 4) is 0 Å². The van der Waals surface area contributed by atoms with E-state index in [-0.39, 0.29) is 17.9 Å². The number of piperidine rings is 1. The Hall–Kier alpha value is -1.65. The van der Waals surface area contributed by atoms with Crippen LogP contribution >= 0.6 is 0 Å². The van der Waals surface area contributed by atoms with Gasteiger partial charge in [-0.2, -0.15) is 0 Å². The third-order valence-corrected chi connectivity index (χ3v) is 2.84. The number of hydrogen-bond acceptors (Lipinski definition) is 4. The third kappa shape index (κ3) is 3.41. The van der Waals surface area contributed by atoms with E-state index >= 15 is 0 Å². The topological polar surface area (TPSA) is 61.8 Å². The van der Waals surface area contributed by atoms with Crippen molar-refractivity contribution in [1.82, 2.24) is 10.2 Å². The van der Waals surface area contributed by atoms with Gasteiger partial charge in [0.25, 0.3) is 0 Å². The average Bonchev–Trinajstić information content (AvgIpc) is 2.28. The van der Waals surface area contributed by atoms with Crippen LogP contribution in [-0.2, 0) is 9.59 Å². The Kier molecular flexibility index (Phi) is 4.87. The van der Waals surface area contributed by atoms with Gasteiger partial charge in [-0.3, -0.25) is 19.5 Å². The lowest BCUT2D eigenvalue weighted by atomic mass is 10.0. The Morgan fingerprint density at radius 2 is 2.12 bits per heavy atom. The summed E-state index contributed by atoms with van der Waals surface area (Å²) in [5, 5.41) is 2.98. The second-order valence-electron chi connectivity index (χ2n) is 4.15. The molecule has 5 nitrogen and oxygen atoms in total. The molecule has 0 bridgehead atoms. The molecule has 1 fully saturated rings. The van der Waals surface area contributed by atoms with Crippen LogP contribution in [0.2, 0.25) is 0 Å². The molecular weight excluding hydrogens is 218 g/mol. The van der Waals surface area contributed by atoms with E-state index in [1.165, 1.54) is 4.90 Å². The Morgan fingerprint density at radius 1 is 1.53 bits per heavy atom. The molecule has 0 aromatic carbocycles. The van der Waals surface area contributed by atoms with Crippen molar-refractivity contribution >= 4 is 18.5 Å². The second kappa shape index (κ2) is 6.18. The zero-order valence-corrected chi connectivity index (χ0v) is 10.4. The van der Waals surface area contributed by atoms with Crippen molar-refractivity contribution in [2.45, 2.75) is 38.6 Å². The highest BCUT2D eigenvalue weighted by atomic mass is 16.2. The van der Waals surface area contributed by atoms with Crippen LogP contribution in [0.4, 0.5) is 0 Å². The minimum Gasteiger partial charge on any atom is -0.390 e. The molecule has 1 saturated heterocycles. The molecule has 0 saturated carbocycles. The molecule has 1 N–H and O–H groups in total. The van der Waals surface area contributed by atoms with Crippen molar-refractivity contribution in [2.24, 2.45) is 4.99 Å². The van der Waals surface area contributed by atoms with Crippen LogP contribution in [0.3, 0.4) is 0 Å². The first-order valence-corrected chi connectivity index (χ1v) is 5.77. The molecule has 0 aliphatic carbocycles. The number of carbonyl (C=O) groups excluding carboxylic acids is 2. The number of nitrogens with zero attached hydrogens (tertiary/aromatic N) is 2. The number of nitrogens with one attached hydrogen (secondary N) is 1. The summed E-state index contributed by atoms with van der Waals surface area (Å²) in [7, 11) is 1.78. The Morgan fingerprint density at radius 3 is 2.59 bits per heavy atom. The minimum absolute atomic E-state index is 0.0734. The summed E-state index contributed by atoms with van der Waals surface area (Å²) in [6, 6.07) is -0.143. The number of amides is 2. The number of aliphatic imine (C=N–C) groups is 1. The van der Waals surface area contributed by atoms with E-state index in [0.29, 0.717) is 25.7 Å². The van der Waals surface area contributed by atoms with Crippen LogP contribution < -0.4 is 5.32 Å². The Balaban J connectivity index is 2.70. The molecule has 1 rings (SSSR count). The molecule has 0 aromatic heterocycles. The van der Waals surface area contributed by atoms with Gasteiger partial charge >= 0.3 is 0 Å². The van der Waals surface area contributed by atoms with Crippen molar-refractivity contribution < 1.29 is 9.59 Å². The lowest BCUT2D eigenvalue weighted by molar-refractivity contribution is -0.150. The number of imide groups is 1. The molecule has 2 amide bonds. The van der Waals surface area contributed by atoms with Gasteiger partial charge in [0.15, 0.2) is 0 Å². The highest BCUT2D eigenvalue weighted by molar-refractivity contribution is 5.97. The fourth-order valence-corrected chi connectivity index (χ4v) is 2.00. The van der Waals surface area contributed by atoms with E-state index < -0.39 is 0 Å². The molecule has 1 aliphatic heterocycles. The molecule has 1 heterocycles. The van der Waals surface area contributed by atoms with E-state index in [9.17, 15) is 9.59 Å². The minimum atomic E-state index is -0.143. The summed E-state index contributed by atoms with van der Waals surface area (Å²) in [6.45, 7) is 5.25. The van der Waals surface area contributed by atoms with Crippen molar-refractivity contribution in [3.63, 3.8) is 0 Å². The SMILES string of the molecule is C=N/C=C(/CC(C)N1C(=O)CCCC1=O)NC. The smallest absolute Gasteiger partial charge is 0.229 e. The van der Waals surface area contributed by atoms with Crippen LogP contribution in [0, 0.1) is 0 Å². The fourth-order valence-electron chi connectivity index (χ4n) is 2.00. The van der Waals surface area contributed by atoms with Gasteiger partial charge in [0.05, 0.1) is 0 Å². The van der Waals surface area contributed by atoms with Crippen LogP contribution in [0.25, 0.3) is 0 Å². The van der Waals surface area contributed by atoms with Crippen molar-refractivity contribution in [3.05, 3.63) is 11.9 Å². The first kappa shape index (κ1) is 13.4. The maximum absolute atomic E-state index is 11.7. The van der Waals surface area contributed by atoms with Crippen molar-refractivity contribution in [1.29, 1.82) is 0 Å². The van der Waals surface area contributed by atoms with Gasteiger partial charge in [-0.1, -0.05) is 0 Å². The summed E-state index contributed by atoms with van der Waals surface area (Å²) in [5.41, 5.74) is 0.860. The van der Waals surface area contributed by atoms with E-state index in [0.717, 1.165) is 5.70 Å². The summed E-state index contributed by atoms with van der Waals surface area (Å²) in [4.78, 5) is 28.5. The molecule has 5 heteroatoms. The van der Waals surface area contributed by atoms with E-state index in [1.54, 1.807) is 13.2 Å². The van der Waals surface area contributed by atoms with Gasteiger partial charge in [-0.15, -0.1) is 0 Å². The van der Waals surface area contributed by atoms with Crippen LogP contribution in [-0.4, -0.2) is 36.5 Å². The van der Waals surface area contributed by atoms with Gasteiger partial charge in [-0.25, -0.2) is 0 Å². The number of rotatable bonds is 5. The molecule has 0 spiro atoms.